The first kappa shape index (κ1) is 17.9. The second-order valence-corrected chi connectivity index (χ2v) is 6.40. The summed E-state index contributed by atoms with van der Waals surface area (Å²) in [7, 11) is 0. The molecule has 3 aromatic rings. The number of hydrogen-bond acceptors (Lipinski definition) is 3. The Balaban J connectivity index is 1.81. The molecule has 0 fully saturated rings. The van der Waals surface area contributed by atoms with E-state index in [0.29, 0.717) is 17.4 Å². The van der Waals surface area contributed by atoms with Gasteiger partial charge in [0, 0.05) is 11.8 Å². The van der Waals surface area contributed by atoms with Crippen LogP contribution in [0.5, 0.6) is 0 Å². The molecule has 1 aromatic carbocycles. The van der Waals surface area contributed by atoms with Crippen LogP contribution in [0.25, 0.3) is 12.2 Å². The predicted molar refractivity (Wildman–Crippen MR) is 102 cm³/mol. The molecule has 2 aromatic heterocycles. The maximum Gasteiger partial charge on any atom is 0.337 e. The van der Waals surface area contributed by atoms with Crippen molar-refractivity contribution >= 4 is 29.7 Å². The summed E-state index contributed by atoms with van der Waals surface area (Å²) < 4.78 is 1.77. The summed E-state index contributed by atoms with van der Waals surface area (Å²) in [4.78, 5) is 15.0. The van der Waals surface area contributed by atoms with Crippen LogP contribution in [0.1, 0.15) is 38.4 Å². The van der Waals surface area contributed by atoms with E-state index in [2.05, 4.69) is 41.3 Å². The van der Waals surface area contributed by atoms with Gasteiger partial charge in [-0.2, -0.15) is 5.10 Å². The van der Waals surface area contributed by atoms with Gasteiger partial charge in [-0.15, -0.1) is 0 Å². The highest BCUT2D eigenvalue weighted by atomic mass is 35.5. The van der Waals surface area contributed by atoms with Crippen molar-refractivity contribution in [1.29, 1.82) is 0 Å². The fourth-order valence-electron chi connectivity index (χ4n) is 2.53. The average molecular weight is 368 g/mol. The summed E-state index contributed by atoms with van der Waals surface area (Å²) >= 11 is 6.49. The number of nitrogens with zero attached hydrogens (tertiary/aromatic N) is 3. The maximum absolute atomic E-state index is 10.9. The Bertz CT molecular complexity index is 958. The fourth-order valence-corrected chi connectivity index (χ4v) is 2.82. The third kappa shape index (κ3) is 4.00. The van der Waals surface area contributed by atoms with Crippen LogP contribution in [0.3, 0.4) is 0 Å². The number of aryl methyl sites for hydroxylation is 2. The monoisotopic (exact) mass is 367 g/mol. The van der Waals surface area contributed by atoms with Crippen LogP contribution in [0.15, 0.2) is 42.6 Å². The zero-order valence-corrected chi connectivity index (χ0v) is 15.2. The van der Waals surface area contributed by atoms with Crippen LogP contribution in [-0.4, -0.2) is 25.8 Å². The van der Waals surface area contributed by atoms with Crippen LogP contribution in [0.4, 0.5) is 0 Å². The van der Waals surface area contributed by atoms with Crippen molar-refractivity contribution in [2.45, 2.75) is 20.4 Å². The molecule has 0 saturated carbocycles. The number of halogens is 1. The average Bonchev–Trinajstić information content (AvgIpc) is 2.89. The first-order chi connectivity index (χ1) is 12.4. The van der Waals surface area contributed by atoms with Gasteiger partial charge in [-0.1, -0.05) is 41.4 Å². The summed E-state index contributed by atoms with van der Waals surface area (Å²) in [6.45, 7) is 4.55. The standard InChI is InChI=1S/C20H18ClN3O2/c1-13-3-5-15(6-4-13)12-24-19(21)18(14(2)23-24)10-9-17-8-7-16(11-22-17)20(25)26/h3-11H,12H2,1-2H3,(H,25,26). The topological polar surface area (TPSA) is 68.0 Å². The lowest BCUT2D eigenvalue weighted by Gasteiger charge is -2.04. The molecule has 0 radical (unpaired) electrons. The first-order valence-electron chi connectivity index (χ1n) is 8.10. The molecule has 5 nitrogen and oxygen atoms in total. The molecule has 0 atom stereocenters. The molecule has 132 valence electrons. The lowest BCUT2D eigenvalue weighted by Crippen LogP contribution is -2.02. The van der Waals surface area contributed by atoms with Gasteiger partial charge in [0.25, 0.3) is 0 Å². The Kier molecular flexibility index (Phi) is 5.19. The van der Waals surface area contributed by atoms with Gasteiger partial charge in [0.15, 0.2) is 0 Å². The quantitative estimate of drug-likeness (QED) is 0.722. The van der Waals surface area contributed by atoms with Gasteiger partial charge in [-0.3, -0.25) is 4.98 Å². The normalized spacial score (nSPS) is 11.2. The van der Waals surface area contributed by atoms with Crippen molar-refractivity contribution in [3.63, 3.8) is 0 Å². The highest BCUT2D eigenvalue weighted by molar-refractivity contribution is 6.31. The number of benzene rings is 1. The van der Waals surface area contributed by atoms with Gasteiger partial charge >= 0.3 is 5.97 Å². The number of carboxylic acids is 1. The number of aromatic nitrogens is 3. The molecule has 1 N–H and O–H groups in total. The Morgan fingerprint density at radius 1 is 1.15 bits per heavy atom. The smallest absolute Gasteiger partial charge is 0.337 e. The molecule has 0 bridgehead atoms. The minimum absolute atomic E-state index is 0.155. The summed E-state index contributed by atoms with van der Waals surface area (Å²) in [5.74, 6) is -0.996. The summed E-state index contributed by atoms with van der Waals surface area (Å²) in [5, 5.41) is 14.0. The molecule has 0 aliphatic rings. The molecule has 2 heterocycles. The van der Waals surface area contributed by atoms with Crippen molar-refractivity contribution in [3.05, 3.63) is 81.4 Å². The van der Waals surface area contributed by atoms with Crippen molar-refractivity contribution in [2.24, 2.45) is 0 Å². The van der Waals surface area contributed by atoms with Gasteiger partial charge in [0.05, 0.1) is 23.5 Å². The van der Waals surface area contributed by atoms with Crippen LogP contribution < -0.4 is 0 Å². The van der Waals surface area contributed by atoms with Crippen LogP contribution in [0.2, 0.25) is 5.15 Å². The second kappa shape index (κ2) is 7.54. The van der Waals surface area contributed by atoms with Crippen molar-refractivity contribution < 1.29 is 9.90 Å². The summed E-state index contributed by atoms with van der Waals surface area (Å²) in [5.41, 5.74) is 4.78. The largest absolute Gasteiger partial charge is 0.478 e. The van der Waals surface area contributed by atoms with Gasteiger partial charge in [-0.25, -0.2) is 9.48 Å². The van der Waals surface area contributed by atoms with Crippen molar-refractivity contribution in [2.75, 3.05) is 0 Å². The molecule has 3 rings (SSSR count). The molecule has 0 spiro atoms. The number of carbonyl (C=O) groups is 1. The van der Waals surface area contributed by atoms with E-state index in [9.17, 15) is 4.79 Å². The summed E-state index contributed by atoms with van der Waals surface area (Å²) in [6.07, 6.45) is 4.97. The predicted octanol–water partition coefficient (Wildman–Crippen LogP) is 4.47. The SMILES string of the molecule is Cc1ccc(Cn2nc(C)c(C=Cc3ccc(C(=O)O)cn3)c2Cl)cc1. The van der Waals surface area contributed by atoms with Crippen LogP contribution in [0, 0.1) is 13.8 Å². The summed E-state index contributed by atoms with van der Waals surface area (Å²) in [6, 6.07) is 11.4. The number of rotatable bonds is 5. The van der Waals surface area contributed by atoms with E-state index in [1.165, 1.54) is 17.8 Å². The minimum Gasteiger partial charge on any atom is -0.478 e. The van der Waals surface area contributed by atoms with E-state index in [1.807, 2.05) is 13.0 Å². The Hall–Kier alpha value is -2.92. The molecule has 0 unspecified atom stereocenters. The van der Waals surface area contributed by atoms with Gasteiger partial charge in [-0.05, 0) is 43.7 Å². The van der Waals surface area contributed by atoms with Gasteiger partial charge < -0.3 is 5.11 Å². The molecule has 0 amide bonds. The lowest BCUT2D eigenvalue weighted by atomic mass is 10.1. The maximum atomic E-state index is 10.9. The molecule has 0 saturated heterocycles. The number of aromatic carboxylic acids is 1. The van der Waals surface area contributed by atoms with Gasteiger partial charge in [0.2, 0.25) is 0 Å². The molecular weight excluding hydrogens is 350 g/mol. The van der Waals surface area contributed by atoms with E-state index >= 15 is 0 Å². The number of carboxylic acid groups (broad SMARTS) is 1. The van der Waals surface area contributed by atoms with Gasteiger partial charge in [0.1, 0.15) is 5.15 Å². The number of pyridine rings is 1. The first-order valence-corrected chi connectivity index (χ1v) is 8.47. The molecule has 0 aliphatic carbocycles. The fraction of sp³-hybridized carbons (Fsp3) is 0.150. The van der Waals surface area contributed by atoms with E-state index in [0.717, 1.165) is 16.8 Å². The highest BCUT2D eigenvalue weighted by Crippen LogP contribution is 2.23. The molecule has 6 heteroatoms. The van der Waals surface area contributed by atoms with Crippen molar-refractivity contribution in [1.82, 2.24) is 14.8 Å². The Labute approximate surface area is 156 Å². The lowest BCUT2D eigenvalue weighted by molar-refractivity contribution is 0.0696. The Morgan fingerprint density at radius 2 is 1.88 bits per heavy atom. The molecule has 26 heavy (non-hydrogen) atoms. The highest BCUT2D eigenvalue weighted by Gasteiger charge is 2.11. The molecular formula is C20H18ClN3O2. The van der Waals surface area contributed by atoms with E-state index in [4.69, 9.17) is 16.7 Å². The zero-order chi connectivity index (χ0) is 18.7. The zero-order valence-electron chi connectivity index (χ0n) is 14.5. The number of hydrogen-bond donors (Lipinski definition) is 1. The van der Waals surface area contributed by atoms with Crippen LogP contribution in [-0.2, 0) is 6.54 Å². The Morgan fingerprint density at radius 3 is 2.50 bits per heavy atom. The minimum atomic E-state index is -0.996. The van der Waals surface area contributed by atoms with E-state index < -0.39 is 5.97 Å². The second-order valence-electron chi connectivity index (χ2n) is 6.04. The van der Waals surface area contributed by atoms with Crippen molar-refractivity contribution in [3.8, 4) is 0 Å². The van der Waals surface area contributed by atoms with Crippen LogP contribution >= 0.6 is 11.6 Å². The van der Waals surface area contributed by atoms with E-state index in [1.54, 1.807) is 16.8 Å². The van der Waals surface area contributed by atoms with E-state index in [-0.39, 0.29) is 5.56 Å². The third-order valence-electron chi connectivity index (χ3n) is 4.02. The molecule has 0 aliphatic heterocycles. The third-order valence-corrected chi connectivity index (χ3v) is 4.42.